The third-order valence-corrected chi connectivity index (χ3v) is 3.14. The fourth-order valence-corrected chi connectivity index (χ4v) is 2.08. The highest BCUT2D eigenvalue weighted by Gasteiger charge is 1.99. The smallest absolute Gasteiger partial charge is 0.0637 e. The van der Waals surface area contributed by atoms with Crippen molar-refractivity contribution < 1.29 is 0 Å². The third kappa shape index (κ3) is 3.44. The van der Waals surface area contributed by atoms with Crippen LogP contribution in [0.3, 0.4) is 0 Å². The molecule has 0 saturated heterocycles. The van der Waals surface area contributed by atoms with E-state index in [9.17, 15) is 0 Å². The first-order valence-corrected chi connectivity index (χ1v) is 6.40. The second-order valence-corrected chi connectivity index (χ2v) is 4.84. The monoisotopic (exact) mass is 243 g/mol. The molecule has 0 spiro atoms. The number of benzene rings is 1. The molecule has 1 aromatic heterocycles. The molecular weight excluding hydrogens is 222 g/mol. The van der Waals surface area contributed by atoms with Crippen molar-refractivity contribution in [3.8, 4) is 0 Å². The third-order valence-electron chi connectivity index (χ3n) is 3.14. The van der Waals surface area contributed by atoms with E-state index >= 15 is 0 Å². The minimum absolute atomic E-state index is 0.930. The maximum absolute atomic E-state index is 4.36. The first-order valence-electron chi connectivity index (χ1n) is 6.40. The summed E-state index contributed by atoms with van der Waals surface area (Å²) in [4.78, 5) is 0. The van der Waals surface area contributed by atoms with E-state index < -0.39 is 0 Å². The summed E-state index contributed by atoms with van der Waals surface area (Å²) in [6.45, 7) is 6.19. The molecule has 18 heavy (non-hydrogen) atoms. The van der Waals surface area contributed by atoms with Crippen LogP contribution >= 0.6 is 0 Å². The lowest BCUT2D eigenvalue weighted by molar-refractivity contribution is 0.664. The average Bonchev–Trinajstić information content (AvgIpc) is 2.73. The standard InChI is InChI=1S/C15H21N3/c1-12-4-5-14(13(2)10-12)11-16-8-6-15-7-9-18(3)17-15/h4-5,7,9-10,16H,6,8,11H2,1-3H3. The van der Waals surface area contributed by atoms with Gasteiger partial charge in [0.25, 0.3) is 0 Å². The molecule has 0 atom stereocenters. The van der Waals surface area contributed by atoms with Crippen molar-refractivity contribution in [2.75, 3.05) is 6.54 Å². The van der Waals surface area contributed by atoms with E-state index in [2.05, 4.69) is 48.5 Å². The van der Waals surface area contributed by atoms with Gasteiger partial charge >= 0.3 is 0 Å². The Kier molecular flexibility index (Phi) is 4.15. The maximum Gasteiger partial charge on any atom is 0.0637 e. The Morgan fingerprint density at radius 2 is 2.06 bits per heavy atom. The van der Waals surface area contributed by atoms with Crippen molar-refractivity contribution in [2.45, 2.75) is 26.8 Å². The highest BCUT2D eigenvalue weighted by atomic mass is 15.2. The number of hydrogen-bond acceptors (Lipinski definition) is 2. The lowest BCUT2D eigenvalue weighted by atomic mass is 10.1. The molecule has 96 valence electrons. The van der Waals surface area contributed by atoms with Crippen molar-refractivity contribution in [1.82, 2.24) is 15.1 Å². The van der Waals surface area contributed by atoms with Gasteiger partial charge in [0.1, 0.15) is 0 Å². The molecule has 0 amide bonds. The van der Waals surface area contributed by atoms with Crippen molar-refractivity contribution in [1.29, 1.82) is 0 Å². The van der Waals surface area contributed by atoms with E-state index in [1.165, 1.54) is 16.7 Å². The van der Waals surface area contributed by atoms with Crippen LogP contribution in [0.4, 0.5) is 0 Å². The van der Waals surface area contributed by atoms with Crippen LogP contribution in [0, 0.1) is 13.8 Å². The first kappa shape index (κ1) is 12.8. The number of aryl methyl sites for hydroxylation is 3. The summed E-state index contributed by atoms with van der Waals surface area (Å²) in [5.74, 6) is 0. The molecule has 0 aliphatic heterocycles. The molecule has 0 aliphatic rings. The van der Waals surface area contributed by atoms with E-state index in [1.807, 2.05) is 17.9 Å². The quantitative estimate of drug-likeness (QED) is 0.817. The normalized spacial score (nSPS) is 10.8. The maximum atomic E-state index is 4.36. The topological polar surface area (TPSA) is 29.9 Å². The minimum atomic E-state index is 0.930. The van der Waals surface area contributed by atoms with Crippen LogP contribution in [0.2, 0.25) is 0 Å². The minimum Gasteiger partial charge on any atom is -0.312 e. The molecule has 1 heterocycles. The molecular formula is C15H21N3. The van der Waals surface area contributed by atoms with E-state index in [-0.39, 0.29) is 0 Å². The van der Waals surface area contributed by atoms with Gasteiger partial charge in [-0.05, 0) is 31.0 Å². The number of rotatable bonds is 5. The predicted octanol–water partition coefficient (Wildman–Crippen LogP) is 2.37. The highest BCUT2D eigenvalue weighted by molar-refractivity contribution is 5.30. The van der Waals surface area contributed by atoms with Gasteiger partial charge in [0.05, 0.1) is 5.69 Å². The largest absolute Gasteiger partial charge is 0.312 e. The molecule has 0 radical (unpaired) electrons. The van der Waals surface area contributed by atoms with Crippen molar-refractivity contribution in [3.05, 3.63) is 52.8 Å². The molecule has 2 rings (SSSR count). The number of nitrogens with one attached hydrogen (secondary N) is 1. The van der Waals surface area contributed by atoms with Crippen molar-refractivity contribution >= 4 is 0 Å². The molecule has 0 unspecified atom stereocenters. The van der Waals surface area contributed by atoms with Crippen LogP contribution in [0.15, 0.2) is 30.5 Å². The fraction of sp³-hybridized carbons (Fsp3) is 0.400. The van der Waals surface area contributed by atoms with E-state index in [0.29, 0.717) is 0 Å². The molecule has 2 aromatic rings. The zero-order valence-electron chi connectivity index (χ0n) is 11.4. The molecule has 1 aromatic carbocycles. The lowest BCUT2D eigenvalue weighted by Gasteiger charge is -2.08. The van der Waals surface area contributed by atoms with Crippen molar-refractivity contribution in [3.63, 3.8) is 0 Å². The van der Waals surface area contributed by atoms with E-state index in [4.69, 9.17) is 0 Å². The van der Waals surface area contributed by atoms with Crippen LogP contribution in [0.1, 0.15) is 22.4 Å². The molecule has 0 fully saturated rings. The second kappa shape index (κ2) is 5.83. The number of hydrogen-bond donors (Lipinski definition) is 1. The summed E-state index contributed by atoms with van der Waals surface area (Å²) in [6.07, 6.45) is 2.96. The SMILES string of the molecule is Cc1ccc(CNCCc2ccn(C)n2)c(C)c1. The van der Waals surface area contributed by atoms with Gasteiger partial charge in [-0.3, -0.25) is 4.68 Å². The molecule has 0 saturated carbocycles. The van der Waals surface area contributed by atoms with Crippen LogP contribution in [-0.4, -0.2) is 16.3 Å². The Labute approximate surface area is 109 Å². The van der Waals surface area contributed by atoms with Gasteiger partial charge in [-0.25, -0.2) is 0 Å². The lowest BCUT2D eigenvalue weighted by Crippen LogP contribution is -2.17. The summed E-state index contributed by atoms with van der Waals surface area (Å²) in [5.41, 5.74) is 5.21. The molecule has 3 heteroatoms. The summed E-state index contributed by atoms with van der Waals surface area (Å²) in [7, 11) is 1.95. The summed E-state index contributed by atoms with van der Waals surface area (Å²) >= 11 is 0. The Morgan fingerprint density at radius 3 is 2.72 bits per heavy atom. The second-order valence-electron chi connectivity index (χ2n) is 4.84. The Morgan fingerprint density at radius 1 is 1.22 bits per heavy atom. The molecule has 1 N–H and O–H groups in total. The van der Waals surface area contributed by atoms with Crippen molar-refractivity contribution in [2.24, 2.45) is 7.05 Å². The van der Waals surface area contributed by atoms with Gasteiger partial charge in [0, 0.05) is 32.8 Å². The van der Waals surface area contributed by atoms with E-state index in [1.54, 1.807) is 0 Å². The molecule has 3 nitrogen and oxygen atoms in total. The number of nitrogens with zero attached hydrogens (tertiary/aromatic N) is 2. The Bertz CT molecular complexity index is 514. The average molecular weight is 243 g/mol. The van der Waals surface area contributed by atoms with Crippen LogP contribution in [0.5, 0.6) is 0 Å². The summed E-state index contributed by atoms with van der Waals surface area (Å²) in [6, 6.07) is 8.68. The predicted molar refractivity (Wildman–Crippen MR) is 74.5 cm³/mol. The molecule has 0 bridgehead atoms. The van der Waals surface area contributed by atoms with Crippen LogP contribution in [-0.2, 0) is 20.0 Å². The van der Waals surface area contributed by atoms with Gasteiger partial charge in [-0.2, -0.15) is 5.10 Å². The van der Waals surface area contributed by atoms with Gasteiger partial charge in [0.15, 0.2) is 0 Å². The number of aromatic nitrogens is 2. The van der Waals surface area contributed by atoms with Gasteiger partial charge in [0.2, 0.25) is 0 Å². The highest BCUT2D eigenvalue weighted by Crippen LogP contribution is 2.09. The fourth-order valence-electron chi connectivity index (χ4n) is 2.08. The van der Waals surface area contributed by atoms with Gasteiger partial charge < -0.3 is 5.32 Å². The Balaban J connectivity index is 1.78. The van der Waals surface area contributed by atoms with Crippen LogP contribution < -0.4 is 5.32 Å². The summed E-state index contributed by atoms with van der Waals surface area (Å²) < 4.78 is 1.85. The zero-order valence-corrected chi connectivity index (χ0v) is 11.4. The first-order chi connectivity index (χ1) is 8.65. The zero-order chi connectivity index (χ0) is 13.0. The summed E-state index contributed by atoms with van der Waals surface area (Å²) in [5, 5.41) is 7.83. The van der Waals surface area contributed by atoms with E-state index in [0.717, 1.165) is 25.2 Å². The van der Waals surface area contributed by atoms with Crippen LogP contribution in [0.25, 0.3) is 0 Å². The van der Waals surface area contributed by atoms with Gasteiger partial charge in [-0.1, -0.05) is 23.8 Å². The van der Waals surface area contributed by atoms with Gasteiger partial charge in [-0.15, -0.1) is 0 Å². The Hall–Kier alpha value is -1.61. The molecule has 0 aliphatic carbocycles.